The van der Waals surface area contributed by atoms with Gasteiger partial charge in [-0.1, -0.05) is 276 Å². The number of aliphatic hydroxyl groups excluding tert-OH is 2. The van der Waals surface area contributed by atoms with Crippen LogP contribution in [0.4, 0.5) is 0 Å². The molecule has 350 valence electrons. The van der Waals surface area contributed by atoms with Gasteiger partial charge in [0.05, 0.1) is 18.8 Å². The highest BCUT2D eigenvalue weighted by Crippen LogP contribution is 2.17. The minimum absolute atomic E-state index is 0.0594. The van der Waals surface area contributed by atoms with E-state index in [0.717, 1.165) is 25.7 Å². The van der Waals surface area contributed by atoms with Crippen molar-refractivity contribution in [2.24, 2.45) is 0 Å². The van der Waals surface area contributed by atoms with Crippen LogP contribution in [0.3, 0.4) is 0 Å². The van der Waals surface area contributed by atoms with Gasteiger partial charge in [-0.15, -0.1) is 0 Å². The lowest BCUT2D eigenvalue weighted by molar-refractivity contribution is -0.123. The predicted molar refractivity (Wildman–Crippen MR) is 262 cm³/mol. The molecule has 0 rings (SSSR count). The topological polar surface area (TPSA) is 69.6 Å². The highest BCUT2D eigenvalue weighted by molar-refractivity contribution is 5.76. The van der Waals surface area contributed by atoms with Crippen LogP contribution >= 0.6 is 0 Å². The molecular weight excluding hydrogens is 723 g/mol. The number of rotatable bonds is 50. The first kappa shape index (κ1) is 57.9. The molecule has 2 atom stereocenters. The van der Waals surface area contributed by atoms with Crippen molar-refractivity contribution in [3.8, 4) is 0 Å². The van der Waals surface area contributed by atoms with Gasteiger partial charge in [-0.3, -0.25) is 4.79 Å². The van der Waals surface area contributed by atoms with Crippen molar-refractivity contribution < 1.29 is 15.0 Å². The SMILES string of the molecule is CCCCCCCCCCCCCC/C=C\CCCCCCCCCCCCCCCCCCCC(=O)NC(CO)C(O)/C=C/CCCCCCCCCCCCCC. The van der Waals surface area contributed by atoms with Gasteiger partial charge in [0.25, 0.3) is 0 Å². The zero-order valence-electron chi connectivity index (χ0n) is 40.3. The first-order valence-corrected chi connectivity index (χ1v) is 27.1. The molecule has 2 unspecified atom stereocenters. The first-order chi connectivity index (χ1) is 29.2. The van der Waals surface area contributed by atoms with Gasteiger partial charge in [-0.2, -0.15) is 0 Å². The minimum atomic E-state index is -0.836. The fourth-order valence-corrected chi connectivity index (χ4v) is 8.53. The number of nitrogens with one attached hydrogen (secondary N) is 1. The molecule has 0 aromatic carbocycles. The van der Waals surface area contributed by atoms with E-state index in [1.54, 1.807) is 6.08 Å². The maximum Gasteiger partial charge on any atom is 0.220 e. The first-order valence-electron chi connectivity index (χ1n) is 27.1. The summed E-state index contributed by atoms with van der Waals surface area (Å²) in [6.45, 7) is 4.33. The summed E-state index contributed by atoms with van der Waals surface area (Å²) >= 11 is 0. The Balaban J connectivity index is 3.41. The molecule has 0 fully saturated rings. The van der Waals surface area contributed by atoms with Crippen molar-refractivity contribution >= 4 is 5.91 Å². The zero-order valence-corrected chi connectivity index (χ0v) is 40.3. The Kier molecular flexibility index (Phi) is 50.2. The van der Waals surface area contributed by atoms with Crippen molar-refractivity contribution in [2.75, 3.05) is 6.61 Å². The van der Waals surface area contributed by atoms with E-state index >= 15 is 0 Å². The number of hydrogen-bond donors (Lipinski definition) is 3. The van der Waals surface area contributed by atoms with Gasteiger partial charge in [0.1, 0.15) is 0 Å². The maximum atomic E-state index is 12.4. The summed E-state index contributed by atoms with van der Waals surface area (Å²) in [6, 6.07) is -0.619. The molecule has 0 bridgehead atoms. The molecule has 3 N–H and O–H groups in total. The number of carbonyl (C=O) groups is 1. The van der Waals surface area contributed by atoms with Gasteiger partial charge < -0.3 is 15.5 Å². The molecule has 4 nitrogen and oxygen atoms in total. The standard InChI is InChI=1S/C55H107NO3/c1-3-5-7-9-11-13-15-17-19-20-21-22-23-24-25-26-27-28-29-30-31-32-33-34-35-36-37-39-41-43-45-47-49-51-55(59)56-53(52-57)54(58)50-48-46-44-42-40-38-18-16-14-12-10-8-6-4-2/h24-25,48,50,53-54,57-58H,3-23,26-47,49,51-52H2,1-2H3,(H,56,59)/b25-24-,50-48+. The molecule has 59 heavy (non-hydrogen) atoms. The quantitative estimate of drug-likeness (QED) is 0.0422. The van der Waals surface area contributed by atoms with E-state index in [2.05, 4.69) is 31.3 Å². The highest BCUT2D eigenvalue weighted by atomic mass is 16.3. The van der Waals surface area contributed by atoms with Gasteiger partial charge in [-0.05, 0) is 44.9 Å². The molecular formula is C55H107NO3. The molecule has 0 spiro atoms. The van der Waals surface area contributed by atoms with Crippen LogP contribution in [0.1, 0.15) is 303 Å². The summed E-state index contributed by atoms with van der Waals surface area (Å²) in [6.07, 6.45) is 67.7. The minimum Gasteiger partial charge on any atom is -0.394 e. The van der Waals surface area contributed by atoms with Gasteiger partial charge >= 0.3 is 0 Å². The maximum absolute atomic E-state index is 12.4. The van der Waals surface area contributed by atoms with E-state index < -0.39 is 12.1 Å². The summed E-state index contributed by atoms with van der Waals surface area (Å²) in [5.41, 5.74) is 0. The van der Waals surface area contributed by atoms with Crippen molar-refractivity contribution in [1.82, 2.24) is 5.32 Å². The molecule has 1 amide bonds. The lowest BCUT2D eigenvalue weighted by Gasteiger charge is -2.20. The van der Waals surface area contributed by atoms with Crippen LogP contribution in [0.25, 0.3) is 0 Å². The third-order valence-electron chi connectivity index (χ3n) is 12.7. The molecule has 4 heteroatoms. The van der Waals surface area contributed by atoms with Crippen molar-refractivity contribution in [3.63, 3.8) is 0 Å². The Labute approximate surface area is 370 Å². The van der Waals surface area contributed by atoms with Crippen LogP contribution in [0.2, 0.25) is 0 Å². The number of allylic oxidation sites excluding steroid dienone is 3. The molecule has 0 aromatic rings. The fraction of sp³-hybridized carbons (Fsp3) is 0.909. The summed E-state index contributed by atoms with van der Waals surface area (Å²) in [4.78, 5) is 12.4. The highest BCUT2D eigenvalue weighted by Gasteiger charge is 2.18. The van der Waals surface area contributed by atoms with Crippen LogP contribution in [0, 0.1) is 0 Å². The Morgan fingerprint density at radius 1 is 0.390 bits per heavy atom. The molecule has 0 aliphatic carbocycles. The molecule has 0 heterocycles. The van der Waals surface area contributed by atoms with Gasteiger partial charge in [0.15, 0.2) is 0 Å². The summed E-state index contributed by atoms with van der Waals surface area (Å²) < 4.78 is 0. The summed E-state index contributed by atoms with van der Waals surface area (Å²) in [7, 11) is 0. The third-order valence-corrected chi connectivity index (χ3v) is 12.7. The molecule has 0 saturated heterocycles. The number of aliphatic hydroxyl groups is 2. The van der Waals surface area contributed by atoms with Crippen LogP contribution in [0.5, 0.6) is 0 Å². The molecule has 0 aromatic heterocycles. The smallest absolute Gasteiger partial charge is 0.220 e. The predicted octanol–water partition coefficient (Wildman–Crippen LogP) is 17.5. The Bertz CT molecular complexity index is 855. The van der Waals surface area contributed by atoms with E-state index in [1.807, 2.05) is 6.08 Å². The number of carbonyl (C=O) groups excluding carboxylic acids is 1. The van der Waals surface area contributed by atoms with Crippen LogP contribution in [-0.2, 0) is 4.79 Å². The second kappa shape index (κ2) is 51.2. The Morgan fingerprint density at radius 2 is 0.644 bits per heavy atom. The van der Waals surface area contributed by atoms with E-state index in [1.165, 1.54) is 257 Å². The lowest BCUT2D eigenvalue weighted by atomic mass is 10.0. The van der Waals surface area contributed by atoms with Gasteiger partial charge in [0, 0.05) is 6.42 Å². The van der Waals surface area contributed by atoms with Gasteiger partial charge in [-0.25, -0.2) is 0 Å². The second-order valence-corrected chi connectivity index (χ2v) is 18.7. The van der Waals surface area contributed by atoms with Gasteiger partial charge in [0.2, 0.25) is 5.91 Å². The molecule has 0 radical (unpaired) electrons. The second-order valence-electron chi connectivity index (χ2n) is 18.7. The molecule has 0 saturated carbocycles. The number of amides is 1. The normalized spacial score (nSPS) is 12.9. The van der Waals surface area contributed by atoms with E-state index in [0.29, 0.717) is 6.42 Å². The molecule has 0 aliphatic heterocycles. The number of unbranched alkanes of at least 4 members (excludes halogenated alkanes) is 41. The third kappa shape index (κ3) is 47.8. The fourth-order valence-electron chi connectivity index (χ4n) is 8.53. The molecule has 0 aliphatic rings. The average molecular weight is 830 g/mol. The average Bonchev–Trinajstić information content (AvgIpc) is 3.24. The Hall–Kier alpha value is -1.13. The monoisotopic (exact) mass is 830 g/mol. The largest absolute Gasteiger partial charge is 0.394 e. The van der Waals surface area contributed by atoms with Crippen molar-refractivity contribution in [1.29, 1.82) is 0 Å². The van der Waals surface area contributed by atoms with Crippen LogP contribution in [-0.4, -0.2) is 34.9 Å². The Morgan fingerprint density at radius 3 is 0.932 bits per heavy atom. The zero-order chi connectivity index (χ0) is 42.8. The van der Waals surface area contributed by atoms with Crippen molar-refractivity contribution in [2.45, 2.75) is 315 Å². The summed E-state index contributed by atoms with van der Waals surface area (Å²) in [5.74, 6) is -0.0594. The summed E-state index contributed by atoms with van der Waals surface area (Å²) in [5, 5.41) is 23.1. The van der Waals surface area contributed by atoms with Crippen LogP contribution in [0.15, 0.2) is 24.3 Å². The lowest BCUT2D eigenvalue weighted by Crippen LogP contribution is -2.45. The van der Waals surface area contributed by atoms with Crippen molar-refractivity contribution in [3.05, 3.63) is 24.3 Å². The number of hydrogen-bond acceptors (Lipinski definition) is 3. The van der Waals surface area contributed by atoms with Crippen LogP contribution < -0.4 is 5.32 Å². The van der Waals surface area contributed by atoms with E-state index in [-0.39, 0.29) is 12.5 Å². The van der Waals surface area contributed by atoms with E-state index in [4.69, 9.17) is 0 Å². The van der Waals surface area contributed by atoms with E-state index in [9.17, 15) is 15.0 Å².